The van der Waals surface area contributed by atoms with Gasteiger partial charge in [-0.15, -0.1) is 0 Å². The molecule has 0 aliphatic rings. The van der Waals surface area contributed by atoms with E-state index in [1.165, 1.54) is 30.5 Å². The Labute approximate surface area is 232 Å². The molecule has 210 valence electrons. The molecular weight excluding hydrogens is 541 g/mol. The van der Waals surface area contributed by atoms with Gasteiger partial charge in [0, 0.05) is 22.3 Å². The van der Waals surface area contributed by atoms with Crippen LogP contribution >= 0.6 is 0 Å². The van der Waals surface area contributed by atoms with Crippen molar-refractivity contribution in [3.63, 3.8) is 0 Å². The van der Waals surface area contributed by atoms with Crippen LogP contribution in [0.25, 0.3) is 33.4 Å². The van der Waals surface area contributed by atoms with E-state index in [9.17, 15) is 61.3 Å². The van der Waals surface area contributed by atoms with Crippen LogP contribution in [0.4, 0.5) is 0 Å². The van der Waals surface area contributed by atoms with Crippen LogP contribution in [0, 0.1) is 6.92 Å². The van der Waals surface area contributed by atoms with Gasteiger partial charge >= 0.3 is 0 Å². The lowest BCUT2D eigenvalue weighted by Crippen LogP contribution is -2.32. The lowest BCUT2D eigenvalue weighted by atomic mass is 9.69. The molecule has 0 aliphatic heterocycles. The minimum Gasteiger partial charge on any atom is -0.508 e. The molecule has 4 aromatic rings. The van der Waals surface area contributed by atoms with Gasteiger partial charge in [0.15, 0.2) is 45.8 Å². The van der Waals surface area contributed by atoms with E-state index in [0.29, 0.717) is 0 Å². The van der Waals surface area contributed by atoms with Gasteiger partial charge in [0.25, 0.3) is 0 Å². The first kappa shape index (κ1) is 28.5. The molecule has 0 atom stereocenters. The van der Waals surface area contributed by atoms with Crippen LogP contribution in [0.1, 0.15) is 16.9 Å². The number of aromatic hydroxyl groups is 10. The summed E-state index contributed by atoms with van der Waals surface area (Å²) in [6, 6.07) is 0. The topological polar surface area (TPSA) is 256 Å². The van der Waals surface area contributed by atoms with Gasteiger partial charge in [-0.2, -0.15) is 0 Å². The third kappa shape index (κ3) is 3.75. The van der Waals surface area contributed by atoms with Crippen molar-refractivity contribution < 1.29 is 65.7 Å². The lowest BCUT2D eigenvalue weighted by Gasteiger charge is -2.23. The van der Waals surface area contributed by atoms with Gasteiger partial charge in [0.2, 0.25) is 23.0 Å². The van der Waals surface area contributed by atoms with E-state index in [-0.39, 0.29) is 38.8 Å². The molecule has 0 aliphatic carbocycles. The molecule has 41 heavy (non-hydrogen) atoms. The number of rotatable bonds is 4. The molecule has 0 unspecified atom stereocenters. The third-order valence-electron chi connectivity index (χ3n) is 7.16. The van der Waals surface area contributed by atoms with E-state index in [0.717, 1.165) is 0 Å². The standard InChI is InChI=1S/C25H23B3O13/c1-3-13(30)12(28)8(15(32)14(3)31)7-11(27)10(26)6(16(33)17(7)34)5(4(2)29)19(36)25-20(37)9-18(35)21(38)22(39)23(40)24(9)41-25/h29-40H,2,26-28H2,1H3/b19-5-. The molecule has 16 heteroatoms. The molecule has 0 bridgehead atoms. The molecule has 4 rings (SSSR count). The molecule has 3 aromatic carbocycles. The molecule has 12 N–H and O–H groups in total. The van der Waals surface area contributed by atoms with Crippen LogP contribution in [-0.2, 0) is 0 Å². The number of aliphatic hydroxyl groups is 2. The van der Waals surface area contributed by atoms with Gasteiger partial charge in [-0.05, 0) is 12.4 Å². The highest BCUT2D eigenvalue weighted by Gasteiger charge is 2.33. The first-order chi connectivity index (χ1) is 19.0. The minimum atomic E-state index is -1.20. The van der Waals surface area contributed by atoms with Crippen LogP contribution in [0.3, 0.4) is 0 Å². The zero-order valence-corrected chi connectivity index (χ0v) is 22.0. The molecule has 0 saturated carbocycles. The van der Waals surface area contributed by atoms with Crippen molar-refractivity contribution in [2.45, 2.75) is 6.92 Å². The number of phenols is 9. The summed E-state index contributed by atoms with van der Waals surface area (Å²) in [5, 5.41) is 125. The quantitative estimate of drug-likeness (QED) is 0.0455. The third-order valence-corrected chi connectivity index (χ3v) is 7.16. The fourth-order valence-electron chi connectivity index (χ4n) is 4.80. The Balaban J connectivity index is 2.11. The Bertz CT molecular complexity index is 1810. The van der Waals surface area contributed by atoms with Crippen LogP contribution in [-0.4, -0.2) is 84.8 Å². The predicted molar refractivity (Wildman–Crippen MR) is 155 cm³/mol. The highest BCUT2D eigenvalue weighted by molar-refractivity contribution is 6.54. The number of benzene rings is 3. The average Bonchev–Trinajstić information content (AvgIpc) is 3.28. The van der Waals surface area contributed by atoms with Gasteiger partial charge in [-0.3, -0.25) is 0 Å². The van der Waals surface area contributed by atoms with Gasteiger partial charge in [0.05, 0.1) is 5.57 Å². The van der Waals surface area contributed by atoms with Crippen LogP contribution < -0.4 is 16.4 Å². The average molecular weight is 564 g/mol. The molecular formula is C25H23B3O13. The van der Waals surface area contributed by atoms with Crippen molar-refractivity contribution >= 4 is 62.2 Å². The second kappa shape index (κ2) is 9.29. The van der Waals surface area contributed by atoms with E-state index < -0.39 is 91.1 Å². The second-order valence-corrected chi connectivity index (χ2v) is 9.42. The normalized spacial score (nSPS) is 12.0. The van der Waals surface area contributed by atoms with Crippen molar-refractivity contribution in [2.24, 2.45) is 0 Å². The first-order valence-corrected chi connectivity index (χ1v) is 11.7. The Kier molecular flexibility index (Phi) is 6.46. The summed E-state index contributed by atoms with van der Waals surface area (Å²) < 4.78 is 5.24. The van der Waals surface area contributed by atoms with Crippen molar-refractivity contribution in [1.82, 2.24) is 0 Å². The highest BCUT2D eigenvalue weighted by Crippen LogP contribution is 2.55. The molecule has 0 amide bonds. The van der Waals surface area contributed by atoms with Crippen LogP contribution in [0.15, 0.2) is 16.8 Å². The van der Waals surface area contributed by atoms with Crippen LogP contribution in [0.5, 0.6) is 57.5 Å². The van der Waals surface area contributed by atoms with Crippen molar-refractivity contribution in [3.05, 3.63) is 29.2 Å². The number of furan rings is 1. The number of fused-ring (bicyclic) bond motifs is 1. The van der Waals surface area contributed by atoms with E-state index in [4.69, 9.17) is 4.42 Å². The van der Waals surface area contributed by atoms with Gasteiger partial charge in [-0.1, -0.05) is 17.5 Å². The smallest absolute Gasteiger partial charge is 0.212 e. The number of hydrogen-bond acceptors (Lipinski definition) is 13. The molecule has 0 saturated heterocycles. The molecule has 1 heterocycles. The minimum absolute atomic E-state index is 0.0328. The summed E-state index contributed by atoms with van der Waals surface area (Å²) in [5.41, 5.74) is -2.14. The van der Waals surface area contributed by atoms with Crippen molar-refractivity contribution in [3.8, 4) is 68.6 Å². The Morgan fingerprint density at radius 3 is 1.66 bits per heavy atom. The maximum absolute atomic E-state index is 11.1. The maximum atomic E-state index is 11.1. The molecule has 0 radical (unpaired) electrons. The number of allylic oxidation sites excluding steroid dienone is 1. The summed E-state index contributed by atoms with van der Waals surface area (Å²) in [6.45, 7) is 4.69. The van der Waals surface area contributed by atoms with E-state index in [1.807, 2.05) is 0 Å². The molecule has 0 fully saturated rings. The Morgan fingerprint density at radius 1 is 0.585 bits per heavy atom. The summed E-state index contributed by atoms with van der Waals surface area (Å²) in [4.78, 5) is 0. The largest absolute Gasteiger partial charge is 0.508 e. The predicted octanol–water partition coefficient (Wildman–Crippen LogP) is -1.26. The van der Waals surface area contributed by atoms with Crippen molar-refractivity contribution in [2.75, 3.05) is 0 Å². The lowest BCUT2D eigenvalue weighted by molar-refractivity contribution is 0.347. The Morgan fingerprint density at radius 2 is 1.10 bits per heavy atom. The first-order valence-electron chi connectivity index (χ1n) is 11.7. The second-order valence-electron chi connectivity index (χ2n) is 9.42. The zero-order chi connectivity index (χ0) is 31.0. The number of phenolic OH excluding ortho intramolecular Hbond substituents is 9. The van der Waals surface area contributed by atoms with Gasteiger partial charge in [0.1, 0.15) is 40.4 Å². The number of aliphatic hydroxyl groups excluding tert-OH is 2. The van der Waals surface area contributed by atoms with E-state index >= 15 is 0 Å². The van der Waals surface area contributed by atoms with Crippen molar-refractivity contribution in [1.29, 1.82) is 0 Å². The summed E-state index contributed by atoms with van der Waals surface area (Å²) in [6.07, 6.45) is 0. The van der Waals surface area contributed by atoms with E-state index in [1.54, 1.807) is 0 Å². The summed E-state index contributed by atoms with van der Waals surface area (Å²) in [7, 11) is 4.21. The monoisotopic (exact) mass is 564 g/mol. The molecule has 13 nitrogen and oxygen atoms in total. The molecule has 0 spiro atoms. The Hall–Kier alpha value is -5.53. The number of hydrogen-bond donors (Lipinski definition) is 12. The summed E-state index contributed by atoms with van der Waals surface area (Å²) >= 11 is 0. The SMILES string of the molecule is Bc1c(B)c(-c2c(B)c(O)c(C)c(O)c2O)c(O)c(O)c1/C(C(=C)O)=C(\O)c1oc2c(O)c(O)c(O)c(O)c2c1O. The maximum Gasteiger partial charge on any atom is 0.212 e. The fraction of sp³-hybridized carbons (Fsp3) is 0.0400. The van der Waals surface area contributed by atoms with Gasteiger partial charge < -0.3 is 65.7 Å². The highest BCUT2D eigenvalue weighted by atomic mass is 16.4. The molecule has 1 aromatic heterocycles. The van der Waals surface area contributed by atoms with Gasteiger partial charge in [-0.25, -0.2) is 0 Å². The fourth-order valence-corrected chi connectivity index (χ4v) is 4.80. The van der Waals surface area contributed by atoms with Crippen LogP contribution in [0.2, 0.25) is 0 Å². The summed E-state index contributed by atoms with van der Waals surface area (Å²) in [5.74, 6) is -12.3. The van der Waals surface area contributed by atoms with E-state index in [2.05, 4.69) is 6.58 Å². The zero-order valence-electron chi connectivity index (χ0n) is 22.0.